The first-order chi connectivity index (χ1) is 19.7. The quantitative estimate of drug-likeness (QED) is 0.318. The van der Waals surface area contributed by atoms with Crippen molar-refractivity contribution in [2.24, 2.45) is 0 Å². The Morgan fingerprint density at radius 1 is 0.951 bits per heavy atom. The minimum Gasteiger partial charge on any atom is -0.461 e. The van der Waals surface area contributed by atoms with Crippen LogP contribution in [0.15, 0.2) is 30.3 Å². The number of benzene rings is 3. The van der Waals surface area contributed by atoms with E-state index in [9.17, 15) is 30.0 Å². The first-order valence-corrected chi connectivity index (χ1v) is 13.0. The highest BCUT2D eigenvalue weighted by atomic mass is 16.7. The van der Waals surface area contributed by atoms with Gasteiger partial charge in [-0.3, -0.25) is 4.79 Å². The third-order valence-electron chi connectivity index (χ3n) is 7.55. The van der Waals surface area contributed by atoms with Gasteiger partial charge in [-0.25, -0.2) is 4.79 Å². The average molecular weight is 569 g/mol. The molecule has 6 rings (SSSR count). The van der Waals surface area contributed by atoms with Gasteiger partial charge < -0.3 is 48.8 Å². The summed E-state index contributed by atoms with van der Waals surface area (Å²) >= 11 is 0. The van der Waals surface area contributed by atoms with Crippen LogP contribution in [0.5, 0.6) is 17.2 Å². The lowest BCUT2D eigenvalue weighted by Crippen LogP contribution is -2.59. The summed E-state index contributed by atoms with van der Waals surface area (Å²) in [5.41, 5.74) is 2.53. The molecule has 1 unspecified atom stereocenters. The fourth-order valence-corrected chi connectivity index (χ4v) is 5.54. The molecule has 216 valence electrons. The van der Waals surface area contributed by atoms with Crippen molar-refractivity contribution in [2.45, 2.75) is 64.4 Å². The molecule has 3 heterocycles. The van der Waals surface area contributed by atoms with Crippen molar-refractivity contribution < 1.29 is 58.4 Å². The van der Waals surface area contributed by atoms with E-state index >= 15 is 0 Å². The molecule has 0 bridgehead atoms. The van der Waals surface area contributed by atoms with Crippen LogP contribution < -0.4 is 14.2 Å². The number of hydrogen-bond acceptors (Lipinski definition) is 12. The van der Waals surface area contributed by atoms with Crippen LogP contribution in [0.1, 0.15) is 40.9 Å². The molecule has 0 saturated carbocycles. The lowest BCUT2D eigenvalue weighted by Gasteiger charge is -2.40. The fourth-order valence-electron chi connectivity index (χ4n) is 5.54. The zero-order valence-electron chi connectivity index (χ0n) is 22.2. The van der Waals surface area contributed by atoms with Crippen molar-refractivity contribution in [3.63, 3.8) is 0 Å². The van der Waals surface area contributed by atoms with Gasteiger partial charge in [0, 0.05) is 23.4 Å². The highest BCUT2D eigenvalue weighted by Gasteiger charge is 2.47. The molecule has 3 aliphatic rings. The molecular formula is C29H28O12. The smallest absolute Gasteiger partial charge is 0.339 e. The second kappa shape index (κ2) is 10.5. The van der Waals surface area contributed by atoms with Crippen LogP contribution in [0.3, 0.4) is 0 Å². The van der Waals surface area contributed by atoms with Crippen molar-refractivity contribution in [1.29, 1.82) is 0 Å². The lowest BCUT2D eigenvalue weighted by atomic mass is 9.87. The van der Waals surface area contributed by atoms with Gasteiger partial charge >= 0.3 is 11.9 Å². The van der Waals surface area contributed by atoms with Crippen LogP contribution in [0.4, 0.5) is 0 Å². The van der Waals surface area contributed by atoms with Gasteiger partial charge in [0.25, 0.3) is 0 Å². The molecule has 0 amide bonds. The highest BCUT2D eigenvalue weighted by Crippen LogP contribution is 2.48. The molecule has 0 spiro atoms. The van der Waals surface area contributed by atoms with E-state index in [2.05, 4.69) is 0 Å². The third kappa shape index (κ3) is 4.53. The summed E-state index contributed by atoms with van der Waals surface area (Å²) in [7, 11) is 0. The highest BCUT2D eigenvalue weighted by molar-refractivity contribution is 6.13. The number of aliphatic hydroxyl groups excluding tert-OH is 4. The largest absolute Gasteiger partial charge is 0.461 e. The number of rotatable bonds is 6. The summed E-state index contributed by atoms with van der Waals surface area (Å²) in [5, 5.41) is 42.6. The normalized spacial score (nSPS) is 24.7. The van der Waals surface area contributed by atoms with E-state index < -0.39 is 49.3 Å². The van der Waals surface area contributed by atoms with Crippen molar-refractivity contribution in [2.75, 3.05) is 6.79 Å². The van der Waals surface area contributed by atoms with Crippen molar-refractivity contribution in [1.82, 2.24) is 0 Å². The van der Waals surface area contributed by atoms with Crippen LogP contribution in [-0.2, 0) is 38.8 Å². The molecule has 1 saturated heterocycles. The number of carbonyl (C=O) groups excluding carboxylic acids is 2. The summed E-state index contributed by atoms with van der Waals surface area (Å²) in [5.74, 6) is -0.128. The molecule has 5 atom stereocenters. The van der Waals surface area contributed by atoms with Crippen LogP contribution >= 0.6 is 0 Å². The number of esters is 2. The van der Waals surface area contributed by atoms with E-state index in [4.69, 9.17) is 28.4 Å². The summed E-state index contributed by atoms with van der Waals surface area (Å²) < 4.78 is 33.6. The Balaban J connectivity index is 1.56. The molecule has 4 N–H and O–H groups in total. The second-order valence-corrected chi connectivity index (χ2v) is 10.1. The Bertz CT molecular complexity index is 1550. The van der Waals surface area contributed by atoms with Gasteiger partial charge in [-0.1, -0.05) is 6.07 Å². The van der Waals surface area contributed by atoms with E-state index in [0.29, 0.717) is 50.1 Å². The second-order valence-electron chi connectivity index (χ2n) is 10.1. The Morgan fingerprint density at radius 3 is 2.37 bits per heavy atom. The van der Waals surface area contributed by atoms with Gasteiger partial charge in [-0.2, -0.15) is 0 Å². The maximum atomic E-state index is 13.2. The molecule has 12 heteroatoms. The molecule has 12 nitrogen and oxygen atoms in total. The molecule has 0 aliphatic carbocycles. The predicted molar refractivity (Wildman–Crippen MR) is 139 cm³/mol. The Kier molecular flexibility index (Phi) is 6.96. The van der Waals surface area contributed by atoms with E-state index in [-0.39, 0.29) is 31.3 Å². The number of fused-ring (bicyclic) bond motifs is 3. The lowest BCUT2D eigenvalue weighted by molar-refractivity contribution is -0.272. The van der Waals surface area contributed by atoms with Crippen LogP contribution in [0.2, 0.25) is 0 Å². The Hall–Kier alpha value is -3.94. The number of carbonyl (C=O) groups is 2. The van der Waals surface area contributed by atoms with Crippen LogP contribution in [-0.4, -0.2) is 69.9 Å². The van der Waals surface area contributed by atoms with Crippen LogP contribution in [0.25, 0.3) is 21.9 Å². The summed E-state index contributed by atoms with van der Waals surface area (Å²) in [6.07, 6.45) is -6.53. The molecule has 1 fully saturated rings. The zero-order chi connectivity index (χ0) is 29.0. The molecule has 0 radical (unpaired) electrons. The molecule has 3 aliphatic heterocycles. The van der Waals surface area contributed by atoms with E-state index in [1.165, 1.54) is 0 Å². The number of cyclic esters (lactones) is 1. The molecule has 3 aromatic rings. The average Bonchev–Trinajstić information content (AvgIpc) is 3.59. The van der Waals surface area contributed by atoms with Gasteiger partial charge in [-0.15, -0.1) is 0 Å². The van der Waals surface area contributed by atoms with E-state index in [0.717, 1.165) is 6.92 Å². The monoisotopic (exact) mass is 568 g/mol. The molecular weight excluding hydrogens is 540 g/mol. The summed E-state index contributed by atoms with van der Waals surface area (Å²) in [4.78, 5) is 24.9. The summed E-state index contributed by atoms with van der Waals surface area (Å²) in [6, 6.07) is 8.53. The first kappa shape index (κ1) is 27.2. The van der Waals surface area contributed by atoms with Crippen LogP contribution in [0, 0.1) is 0 Å². The van der Waals surface area contributed by atoms with Crippen molar-refractivity contribution >= 4 is 22.7 Å². The molecule has 0 aromatic heterocycles. The maximum absolute atomic E-state index is 13.2. The minimum absolute atomic E-state index is 0.0617. The van der Waals surface area contributed by atoms with Gasteiger partial charge in [0.1, 0.15) is 18.5 Å². The van der Waals surface area contributed by atoms with E-state index in [1.807, 2.05) is 0 Å². The predicted octanol–water partition coefficient (Wildman–Crippen LogP) is 1.67. The fraction of sp³-hybridized carbons (Fsp3) is 0.379. The first-order valence-electron chi connectivity index (χ1n) is 13.0. The topological polar surface area (TPSA) is 170 Å². The SMILES string of the molecule is CC(=O)O[C@H]1[C@H](O)[C@@H](C)OC(Oc2c3c(c(-c4ccc5c(c4)OCO5)c4cc(CO)c(CO)cc24)C(=O)OC3)[C@@H]1O. The van der Waals surface area contributed by atoms with E-state index in [1.54, 1.807) is 37.3 Å². The minimum atomic E-state index is -1.59. The number of ether oxygens (including phenoxy) is 6. The van der Waals surface area contributed by atoms with Gasteiger partial charge in [-0.05, 0) is 53.3 Å². The number of hydrogen-bond donors (Lipinski definition) is 4. The Morgan fingerprint density at radius 2 is 1.66 bits per heavy atom. The van der Waals surface area contributed by atoms with Gasteiger partial charge in [0.2, 0.25) is 13.1 Å². The van der Waals surface area contributed by atoms with Gasteiger partial charge in [0.15, 0.2) is 23.7 Å². The van der Waals surface area contributed by atoms with Crippen molar-refractivity contribution in [3.05, 3.63) is 52.6 Å². The molecule has 3 aromatic carbocycles. The standard InChI is InChI=1S/C29H28O12/c1-12-24(33)27(40-13(2)32)25(34)29(39-12)41-26-18-6-16(9-31)15(8-30)5-17(18)22(23-19(26)10-36-28(23)35)14-3-4-20-21(7-14)38-11-37-20/h3-7,12,24-25,27,29-31,33-34H,8-11H2,1-2H3/t12-,24-,25-,27+,29?/m1/s1. The van der Waals surface area contributed by atoms with Gasteiger partial charge in [0.05, 0.1) is 24.9 Å². The third-order valence-corrected chi connectivity index (χ3v) is 7.55. The molecule has 41 heavy (non-hydrogen) atoms. The number of aliphatic hydroxyl groups is 4. The van der Waals surface area contributed by atoms with Crippen molar-refractivity contribution in [3.8, 4) is 28.4 Å². The Labute approximate surface area is 233 Å². The summed E-state index contributed by atoms with van der Waals surface area (Å²) in [6.45, 7) is 1.83. The zero-order valence-corrected chi connectivity index (χ0v) is 22.2. The maximum Gasteiger partial charge on any atom is 0.339 e.